The number of carbonyl (C=O) groups excluding carboxylic acids is 1. The van der Waals surface area contributed by atoms with Gasteiger partial charge in [-0.2, -0.15) is 0 Å². The number of benzene rings is 1. The average molecular weight is 321 g/mol. The fraction of sp³-hybridized carbons (Fsp3) is 0.312. The normalized spacial score (nSPS) is 11.4. The number of methoxy groups -OCH3 is 1. The first kappa shape index (κ1) is 16.3. The highest BCUT2D eigenvalue weighted by atomic mass is 32.2. The number of aromatic nitrogens is 1. The number of hydrogen-bond acceptors (Lipinski definition) is 4. The molecule has 0 fully saturated rings. The van der Waals surface area contributed by atoms with E-state index in [2.05, 4.69) is 9.72 Å². The molecular formula is C16H19NO4S. The van der Waals surface area contributed by atoms with Crippen LogP contribution in [0.25, 0.3) is 0 Å². The summed E-state index contributed by atoms with van der Waals surface area (Å²) in [5, 5.41) is 0.177. The summed E-state index contributed by atoms with van der Waals surface area (Å²) >= 11 is 0. The number of H-pyrrole nitrogens is 1. The van der Waals surface area contributed by atoms with Crippen LogP contribution in [-0.2, 0) is 25.8 Å². The number of sulfone groups is 1. The number of rotatable bonds is 5. The molecule has 0 aliphatic carbocycles. The lowest BCUT2D eigenvalue weighted by Crippen LogP contribution is -2.05. The van der Waals surface area contributed by atoms with E-state index < -0.39 is 9.84 Å². The standard InChI is InChI=1S/C16H19NO4S/c1-11-4-7-14(8-5-11)22(19,20)16-12(2)13(10-17-16)6-9-15(18)21-3/h4-5,7-8,10,17H,6,9H2,1-3H3. The largest absolute Gasteiger partial charge is 0.469 e. The number of aromatic amines is 1. The van der Waals surface area contributed by atoms with Gasteiger partial charge in [0.25, 0.3) is 0 Å². The Morgan fingerprint density at radius 3 is 2.41 bits per heavy atom. The zero-order valence-corrected chi connectivity index (χ0v) is 13.7. The summed E-state index contributed by atoms with van der Waals surface area (Å²) in [6, 6.07) is 6.73. The van der Waals surface area contributed by atoms with Gasteiger partial charge in [-0.25, -0.2) is 8.42 Å². The molecule has 0 radical (unpaired) electrons. The molecule has 0 saturated carbocycles. The molecule has 0 aliphatic rings. The van der Waals surface area contributed by atoms with Gasteiger partial charge in [0.15, 0.2) is 0 Å². The highest BCUT2D eigenvalue weighted by Gasteiger charge is 2.23. The summed E-state index contributed by atoms with van der Waals surface area (Å²) in [6.45, 7) is 3.64. The van der Waals surface area contributed by atoms with Crippen LogP contribution in [0.2, 0.25) is 0 Å². The molecule has 2 aromatic rings. The summed E-state index contributed by atoms with van der Waals surface area (Å²) in [5.41, 5.74) is 2.45. The Morgan fingerprint density at radius 1 is 1.18 bits per heavy atom. The van der Waals surface area contributed by atoms with Crippen molar-refractivity contribution in [2.24, 2.45) is 0 Å². The Hall–Kier alpha value is -2.08. The number of nitrogens with one attached hydrogen (secondary N) is 1. The van der Waals surface area contributed by atoms with Gasteiger partial charge in [0.2, 0.25) is 9.84 Å². The minimum Gasteiger partial charge on any atom is -0.469 e. The molecular weight excluding hydrogens is 302 g/mol. The van der Waals surface area contributed by atoms with Crippen LogP contribution in [0.15, 0.2) is 40.4 Å². The Morgan fingerprint density at radius 2 is 1.82 bits per heavy atom. The van der Waals surface area contributed by atoms with Crippen LogP contribution >= 0.6 is 0 Å². The molecule has 0 amide bonds. The van der Waals surface area contributed by atoms with Crippen LogP contribution in [0.4, 0.5) is 0 Å². The monoisotopic (exact) mass is 321 g/mol. The second-order valence-corrected chi connectivity index (χ2v) is 7.05. The highest BCUT2D eigenvalue weighted by Crippen LogP contribution is 2.25. The molecule has 1 N–H and O–H groups in total. The maximum atomic E-state index is 12.7. The quantitative estimate of drug-likeness (QED) is 0.859. The first-order valence-corrected chi connectivity index (χ1v) is 8.40. The molecule has 0 unspecified atom stereocenters. The lowest BCUT2D eigenvalue weighted by molar-refractivity contribution is -0.140. The highest BCUT2D eigenvalue weighted by molar-refractivity contribution is 7.91. The van der Waals surface area contributed by atoms with Gasteiger partial charge in [-0.05, 0) is 43.5 Å². The van der Waals surface area contributed by atoms with Crippen LogP contribution in [0, 0.1) is 13.8 Å². The van der Waals surface area contributed by atoms with E-state index in [4.69, 9.17) is 0 Å². The third-order valence-corrected chi connectivity index (χ3v) is 5.48. The third-order valence-electron chi connectivity index (χ3n) is 3.63. The van der Waals surface area contributed by atoms with Gasteiger partial charge in [-0.3, -0.25) is 4.79 Å². The molecule has 6 heteroatoms. The second kappa shape index (κ2) is 6.36. The van der Waals surface area contributed by atoms with E-state index in [9.17, 15) is 13.2 Å². The number of carbonyl (C=O) groups is 1. The summed E-state index contributed by atoms with van der Waals surface area (Å²) in [5.74, 6) is -0.316. The SMILES string of the molecule is COC(=O)CCc1c[nH]c(S(=O)(=O)c2ccc(C)cc2)c1C. The molecule has 2 rings (SSSR count). The van der Waals surface area contributed by atoms with E-state index in [1.54, 1.807) is 37.4 Å². The van der Waals surface area contributed by atoms with E-state index in [0.29, 0.717) is 12.0 Å². The molecule has 0 atom stereocenters. The second-order valence-electron chi connectivity index (χ2n) is 5.16. The van der Waals surface area contributed by atoms with E-state index in [1.807, 2.05) is 6.92 Å². The van der Waals surface area contributed by atoms with Gasteiger partial charge in [0.1, 0.15) is 5.03 Å². The number of hydrogen-bond donors (Lipinski definition) is 1. The average Bonchev–Trinajstić information content (AvgIpc) is 2.87. The molecule has 118 valence electrons. The minimum atomic E-state index is -3.58. The van der Waals surface area contributed by atoms with Crippen LogP contribution in [0.1, 0.15) is 23.1 Å². The van der Waals surface area contributed by atoms with E-state index in [-0.39, 0.29) is 22.3 Å². The summed E-state index contributed by atoms with van der Waals surface area (Å²) in [7, 11) is -2.25. The van der Waals surface area contributed by atoms with Crippen LogP contribution in [0.5, 0.6) is 0 Å². The van der Waals surface area contributed by atoms with E-state index >= 15 is 0 Å². The molecule has 0 bridgehead atoms. The van der Waals surface area contributed by atoms with Gasteiger partial charge in [-0.15, -0.1) is 0 Å². The number of aryl methyl sites for hydroxylation is 2. The van der Waals surface area contributed by atoms with Crippen molar-refractivity contribution >= 4 is 15.8 Å². The molecule has 1 aromatic heterocycles. The van der Waals surface area contributed by atoms with Crippen molar-refractivity contribution in [2.75, 3.05) is 7.11 Å². The summed E-state index contributed by atoms with van der Waals surface area (Å²) in [6.07, 6.45) is 2.30. The number of ether oxygens (including phenoxy) is 1. The predicted octanol–water partition coefficient (Wildman–Crippen LogP) is 2.57. The topological polar surface area (TPSA) is 76.2 Å². The fourth-order valence-corrected chi connectivity index (χ4v) is 3.71. The summed E-state index contributed by atoms with van der Waals surface area (Å²) in [4.78, 5) is 14.3. The van der Waals surface area contributed by atoms with Crippen molar-refractivity contribution in [3.63, 3.8) is 0 Å². The van der Waals surface area contributed by atoms with E-state index in [1.165, 1.54) is 7.11 Å². The lowest BCUT2D eigenvalue weighted by Gasteiger charge is -2.05. The molecule has 5 nitrogen and oxygen atoms in total. The van der Waals surface area contributed by atoms with E-state index in [0.717, 1.165) is 11.1 Å². The van der Waals surface area contributed by atoms with Crippen LogP contribution in [-0.4, -0.2) is 26.5 Å². The Balaban J connectivity index is 2.31. The Bertz CT molecular complexity index is 773. The summed E-state index contributed by atoms with van der Waals surface area (Å²) < 4.78 is 29.9. The molecule has 0 saturated heterocycles. The van der Waals surface area contributed by atoms with Gasteiger partial charge in [0, 0.05) is 12.6 Å². The Kier molecular flexibility index (Phi) is 4.71. The van der Waals surface area contributed by atoms with Gasteiger partial charge in [0.05, 0.1) is 12.0 Å². The van der Waals surface area contributed by atoms with Crippen molar-refractivity contribution in [2.45, 2.75) is 36.6 Å². The van der Waals surface area contributed by atoms with Crippen molar-refractivity contribution in [3.8, 4) is 0 Å². The molecule has 1 heterocycles. The zero-order valence-electron chi connectivity index (χ0n) is 12.8. The smallest absolute Gasteiger partial charge is 0.305 e. The van der Waals surface area contributed by atoms with Gasteiger partial charge in [-0.1, -0.05) is 17.7 Å². The lowest BCUT2D eigenvalue weighted by atomic mass is 10.1. The van der Waals surface area contributed by atoms with Gasteiger partial charge < -0.3 is 9.72 Å². The zero-order chi connectivity index (χ0) is 16.3. The van der Waals surface area contributed by atoms with Crippen molar-refractivity contribution in [3.05, 3.63) is 47.2 Å². The Labute approximate surface area is 130 Å². The predicted molar refractivity (Wildman–Crippen MR) is 82.5 cm³/mol. The number of esters is 1. The molecule has 0 aliphatic heterocycles. The van der Waals surface area contributed by atoms with Crippen LogP contribution in [0.3, 0.4) is 0 Å². The van der Waals surface area contributed by atoms with Crippen molar-refractivity contribution < 1.29 is 17.9 Å². The molecule has 0 spiro atoms. The van der Waals surface area contributed by atoms with Crippen molar-refractivity contribution in [1.82, 2.24) is 4.98 Å². The maximum absolute atomic E-state index is 12.7. The fourth-order valence-electron chi connectivity index (χ4n) is 2.23. The minimum absolute atomic E-state index is 0.177. The first-order chi connectivity index (χ1) is 10.4. The third kappa shape index (κ3) is 3.22. The van der Waals surface area contributed by atoms with Crippen LogP contribution < -0.4 is 0 Å². The molecule has 22 heavy (non-hydrogen) atoms. The maximum Gasteiger partial charge on any atom is 0.305 e. The van der Waals surface area contributed by atoms with Crippen molar-refractivity contribution in [1.29, 1.82) is 0 Å². The first-order valence-electron chi connectivity index (χ1n) is 6.91. The van der Waals surface area contributed by atoms with Gasteiger partial charge >= 0.3 is 5.97 Å². The molecule has 1 aromatic carbocycles.